The van der Waals surface area contributed by atoms with E-state index in [1.807, 2.05) is 63.2 Å². The van der Waals surface area contributed by atoms with Gasteiger partial charge in [-0.05, 0) is 49.4 Å². The Morgan fingerprint density at radius 2 is 1.72 bits per heavy atom. The molecule has 0 saturated heterocycles. The summed E-state index contributed by atoms with van der Waals surface area (Å²) in [5, 5.41) is 4.06. The maximum Gasteiger partial charge on any atom is 0.243 e. The fourth-order valence-corrected chi connectivity index (χ4v) is 4.48. The fraction of sp³-hybridized carbons (Fsp3) is 0.440. The number of amides is 2. The molecule has 0 fully saturated rings. The van der Waals surface area contributed by atoms with Crippen LogP contribution in [0.3, 0.4) is 0 Å². The molecule has 0 aromatic heterocycles. The van der Waals surface area contributed by atoms with E-state index in [-0.39, 0.29) is 17.9 Å². The normalized spacial score (nSPS) is 12.8. The predicted octanol–water partition coefficient (Wildman–Crippen LogP) is 5.99. The summed E-state index contributed by atoms with van der Waals surface area (Å²) in [6, 6.07) is 15.1. The van der Waals surface area contributed by atoms with Gasteiger partial charge in [-0.15, -0.1) is 11.8 Å². The highest BCUT2D eigenvalue weighted by atomic mass is 35.5. The van der Waals surface area contributed by atoms with Gasteiger partial charge in [-0.1, -0.05) is 73.4 Å². The number of nitrogens with one attached hydrogen (secondary N) is 1. The highest BCUT2D eigenvalue weighted by Crippen LogP contribution is 2.25. The number of nitrogens with zero attached hydrogens (tertiary/aromatic N) is 1. The van der Waals surface area contributed by atoms with E-state index in [1.165, 1.54) is 11.8 Å². The molecule has 0 aliphatic heterocycles. The second-order valence-corrected chi connectivity index (χ2v) is 9.61. The van der Waals surface area contributed by atoms with Crippen LogP contribution in [0.1, 0.15) is 44.7 Å². The Labute approximate surface area is 206 Å². The molecular formula is C25H32Cl2N2O2S. The van der Waals surface area contributed by atoms with Crippen molar-refractivity contribution in [3.8, 4) is 0 Å². The van der Waals surface area contributed by atoms with Gasteiger partial charge < -0.3 is 10.2 Å². The number of halogens is 2. The van der Waals surface area contributed by atoms with E-state index in [9.17, 15) is 9.59 Å². The quantitative estimate of drug-likeness (QED) is 0.394. The summed E-state index contributed by atoms with van der Waals surface area (Å²) in [6.07, 6.45) is 2.12. The molecule has 0 aliphatic rings. The Bertz CT molecular complexity index is 880. The molecule has 2 atom stereocenters. The Morgan fingerprint density at radius 1 is 1.00 bits per heavy atom. The average molecular weight is 496 g/mol. The summed E-state index contributed by atoms with van der Waals surface area (Å²) in [5.41, 5.74) is 2.15. The summed E-state index contributed by atoms with van der Waals surface area (Å²) in [7, 11) is 0. The third-order valence-electron chi connectivity index (χ3n) is 5.35. The van der Waals surface area contributed by atoms with Gasteiger partial charge >= 0.3 is 0 Å². The summed E-state index contributed by atoms with van der Waals surface area (Å²) < 4.78 is 0. The van der Waals surface area contributed by atoms with Crippen molar-refractivity contribution in [2.24, 2.45) is 0 Å². The largest absolute Gasteiger partial charge is 0.352 e. The minimum absolute atomic E-state index is 0.0304. The van der Waals surface area contributed by atoms with E-state index in [0.717, 1.165) is 17.5 Å². The van der Waals surface area contributed by atoms with Gasteiger partial charge in [-0.3, -0.25) is 9.59 Å². The molecule has 1 N–H and O–H groups in total. The summed E-state index contributed by atoms with van der Waals surface area (Å²) in [6.45, 7) is 6.47. The predicted molar refractivity (Wildman–Crippen MR) is 136 cm³/mol. The lowest BCUT2D eigenvalue weighted by Gasteiger charge is -2.31. The zero-order valence-electron chi connectivity index (χ0n) is 18.9. The lowest BCUT2D eigenvalue weighted by atomic mass is 10.1. The van der Waals surface area contributed by atoms with E-state index < -0.39 is 6.04 Å². The van der Waals surface area contributed by atoms with E-state index in [0.29, 0.717) is 40.9 Å². The molecule has 2 rings (SSSR count). The third kappa shape index (κ3) is 8.34. The molecule has 0 unspecified atom stereocenters. The van der Waals surface area contributed by atoms with Crippen molar-refractivity contribution < 1.29 is 9.59 Å². The molecule has 0 spiro atoms. The van der Waals surface area contributed by atoms with Crippen LogP contribution in [0.25, 0.3) is 0 Å². The smallest absolute Gasteiger partial charge is 0.243 e. The first-order chi connectivity index (χ1) is 15.3. The first kappa shape index (κ1) is 26.6. The highest BCUT2D eigenvalue weighted by Gasteiger charge is 2.28. The minimum Gasteiger partial charge on any atom is -0.352 e. The Kier molecular flexibility index (Phi) is 11.4. The van der Waals surface area contributed by atoms with Crippen molar-refractivity contribution in [3.05, 3.63) is 69.7 Å². The fourth-order valence-electron chi connectivity index (χ4n) is 3.31. The van der Waals surface area contributed by atoms with Crippen LogP contribution >= 0.6 is 35.0 Å². The molecule has 7 heteroatoms. The molecule has 2 aromatic carbocycles. The van der Waals surface area contributed by atoms with Crippen LogP contribution in [0.2, 0.25) is 10.0 Å². The molecule has 174 valence electrons. The van der Waals surface area contributed by atoms with Crippen LogP contribution in [0, 0.1) is 0 Å². The molecule has 32 heavy (non-hydrogen) atoms. The van der Waals surface area contributed by atoms with Crippen LogP contribution in [0.4, 0.5) is 0 Å². The average Bonchev–Trinajstić information content (AvgIpc) is 2.79. The molecule has 0 saturated carbocycles. The molecule has 2 aromatic rings. The van der Waals surface area contributed by atoms with Crippen molar-refractivity contribution in [1.29, 1.82) is 0 Å². The Balaban J connectivity index is 2.07. The maximum atomic E-state index is 13.2. The molecular weight excluding hydrogens is 463 g/mol. The number of hydrogen-bond donors (Lipinski definition) is 1. The lowest BCUT2D eigenvalue weighted by molar-refractivity contribution is -0.139. The van der Waals surface area contributed by atoms with Gasteiger partial charge in [0.15, 0.2) is 0 Å². The van der Waals surface area contributed by atoms with Gasteiger partial charge in [0.1, 0.15) is 6.04 Å². The zero-order valence-corrected chi connectivity index (χ0v) is 21.3. The number of carbonyl (C=O) groups is 2. The van der Waals surface area contributed by atoms with Gasteiger partial charge in [0.25, 0.3) is 0 Å². The van der Waals surface area contributed by atoms with Crippen molar-refractivity contribution in [1.82, 2.24) is 10.2 Å². The Morgan fingerprint density at radius 3 is 2.34 bits per heavy atom. The van der Waals surface area contributed by atoms with E-state index in [1.54, 1.807) is 11.0 Å². The van der Waals surface area contributed by atoms with Crippen molar-refractivity contribution >= 4 is 46.8 Å². The third-order valence-corrected chi connectivity index (χ3v) is 7.08. The number of rotatable bonds is 12. The molecule has 0 bridgehead atoms. The van der Waals surface area contributed by atoms with Gasteiger partial charge in [-0.2, -0.15) is 0 Å². The summed E-state index contributed by atoms with van der Waals surface area (Å²) in [5.74, 6) is 0.822. The number of carbonyl (C=O) groups excluding carboxylic acids is 2. The van der Waals surface area contributed by atoms with Crippen LogP contribution < -0.4 is 5.32 Å². The zero-order chi connectivity index (χ0) is 23.5. The summed E-state index contributed by atoms with van der Waals surface area (Å²) in [4.78, 5) is 27.9. The van der Waals surface area contributed by atoms with E-state index in [4.69, 9.17) is 23.2 Å². The topological polar surface area (TPSA) is 49.4 Å². The first-order valence-corrected chi connectivity index (χ1v) is 12.9. The second kappa shape index (κ2) is 13.8. The SMILES string of the molecule is CC[C@@H](C)NC(=O)[C@H](CC)N(CCc1ccccc1)C(=O)CSCc1ccc(Cl)c(Cl)c1. The number of thioether (sulfide) groups is 1. The molecule has 2 amide bonds. The molecule has 0 aliphatic carbocycles. The van der Waals surface area contributed by atoms with Gasteiger partial charge in [0.2, 0.25) is 11.8 Å². The van der Waals surface area contributed by atoms with Gasteiger partial charge in [0, 0.05) is 18.3 Å². The molecule has 0 radical (unpaired) electrons. The number of hydrogen-bond acceptors (Lipinski definition) is 3. The Hall–Kier alpha value is -1.69. The van der Waals surface area contributed by atoms with Crippen LogP contribution in [-0.4, -0.2) is 41.1 Å². The molecule has 0 heterocycles. The van der Waals surface area contributed by atoms with Crippen LogP contribution in [0.5, 0.6) is 0 Å². The second-order valence-electron chi connectivity index (χ2n) is 7.81. The highest BCUT2D eigenvalue weighted by molar-refractivity contribution is 7.99. The van der Waals surface area contributed by atoms with Crippen molar-refractivity contribution in [3.63, 3.8) is 0 Å². The summed E-state index contributed by atoms with van der Waals surface area (Å²) >= 11 is 13.6. The van der Waals surface area contributed by atoms with Crippen LogP contribution in [0.15, 0.2) is 48.5 Å². The first-order valence-electron chi connectivity index (χ1n) is 11.0. The lowest BCUT2D eigenvalue weighted by Crippen LogP contribution is -2.52. The maximum absolute atomic E-state index is 13.2. The van der Waals surface area contributed by atoms with Crippen LogP contribution in [-0.2, 0) is 21.8 Å². The van der Waals surface area contributed by atoms with Crippen molar-refractivity contribution in [2.75, 3.05) is 12.3 Å². The molecule has 4 nitrogen and oxygen atoms in total. The van der Waals surface area contributed by atoms with E-state index in [2.05, 4.69) is 5.32 Å². The minimum atomic E-state index is -0.481. The van der Waals surface area contributed by atoms with Gasteiger partial charge in [0.05, 0.1) is 15.8 Å². The van der Waals surface area contributed by atoms with Crippen molar-refractivity contribution in [2.45, 2.75) is 57.9 Å². The van der Waals surface area contributed by atoms with Gasteiger partial charge in [-0.25, -0.2) is 0 Å². The standard InChI is InChI=1S/C25H32Cl2N2O2S/c1-4-18(3)28-25(31)23(5-2)29(14-13-19-9-7-6-8-10-19)24(30)17-32-16-20-11-12-21(26)22(27)15-20/h6-12,15,18,23H,4-5,13-14,16-17H2,1-3H3,(H,28,31)/t18-,23+/m1/s1. The van der Waals surface area contributed by atoms with E-state index >= 15 is 0 Å². The monoisotopic (exact) mass is 494 g/mol. The number of benzene rings is 2.